The van der Waals surface area contributed by atoms with Gasteiger partial charge in [-0.1, -0.05) is 0 Å². The number of primary amides is 1. The van der Waals surface area contributed by atoms with E-state index in [0.717, 1.165) is 22.4 Å². The number of hydrogen-bond donors (Lipinski definition) is 1. The number of hydrogen-bond acceptors (Lipinski definition) is 4. The van der Waals surface area contributed by atoms with Gasteiger partial charge in [-0.25, -0.2) is 4.98 Å². The average Bonchev–Trinajstić information content (AvgIpc) is 2.82. The van der Waals surface area contributed by atoms with Crippen LogP contribution in [0.15, 0.2) is 29.0 Å². The van der Waals surface area contributed by atoms with Gasteiger partial charge in [0.05, 0.1) is 18.5 Å². The van der Waals surface area contributed by atoms with Crippen LogP contribution in [0.25, 0.3) is 5.65 Å². The highest BCUT2D eigenvalue weighted by atomic mass is 79.9. The second-order valence-corrected chi connectivity index (χ2v) is 5.74. The van der Waals surface area contributed by atoms with Crippen LogP contribution in [-0.2, 0) is 16.1 Å². The summed E-state index contributed by atoms with van der Waals surface area (Å²) in [5.74, 6) is -0.407. The summed E-state index contributed by atoms with van der Waals surface area (Å²) in [4.78, 5) is 17.7. The molecule has 0 saturated carbocycles. The van der Waals surface area contributed by atoms with E-state index in [4.69, 9.17) is 10.5 Å². The van der Waals surface area contributed by atoms with Crippen LogP contribution >= 0.6 is 15.9 Å². The highest BCUT2D eigenvalue weighted by Crippen LogP contribution is 2.16. The molecule has 0 bridgehead atoms. The quantitative estimate of drug-likeness (QED) is 0.897. The summed E-state index contributed by atoms with van der Waals surface area (Å²) in [6.07, 6.45) is 3.33. The van der Waals surface area contributed by atoms with Crippen LogP contribution in [0.1, 0.15) is 5.69 Å². The Morgan fingerprint density at radius 1 is 1.55 bits per heavy atom. The zero-order valence-electron chi connectivity index (χ0n) is 10.8. The van der Waals surface area contributed by atoms with Gasteiger partial charge in [-0.05, 0) is 28.1 Å². The number of carbonyl (C=O) groups excluding carboxylic acids is 1. The van der Waals surface area contributed by atoms with Crippen molar-refractivity contribution in [1.82, 2.24) is 14.3 Å². The first-order valence-corrected chi connectivity index (χ1v) is 7.17. The van der Waals surface area contributed by atoms with E-state index >= 15 is 0 Å². The van der Waals surface area contributed by atoms with Gasteiger partial charge in [-0.15, -0.1) is 0 Å². The van der Waals surface area contributed by atoms with Crippen molar-refractivity contribution in [3.8, 4) is 0 Å². The molecule has 1 saturated heterocycles. The van der Waals surface area contributed by atoms with E-state index < -0.39 is 12.0 Å². The van der Waals surface area contributed by atoms with Crippen molar-refractivity contribution >= 4 is 27.5 Å². The molecule has 1 aliphatic rings. The number of nitrogens with two attached hydrogens (primary N) is 1. The van der Waals surface area contributed by atoms with Gasteiger partial charge in [0.2, 0.25) is 5.91 Å². The van der Waals surface area contributed by atoms with Gasteiger partial charge >= 0.3 is 0 Å². The number of halogens is 1. The summed E-state index contributed by atoms with van der Waals surface area (Å²) >= 11 is 3.46. The summed E-state index contributed by atoms with van der Waals surface area (Å²) in [5, 5.41) is 0. The standard InChI is InChI=1S/C13H15BrN4O2/c14-9-1-2-12-16-5-10(18(12)6-9)7-17-3-4-20-11(8-17)13(15)19/h1-2,5-6,11H,3-4,7-8H2,(H2,15,19). The number of morpholine rings is 1. The molecule has 1 unspecified atom stereocenters. The van der Waals surface area contributed by atoms with Gasteiger partial charge in [-0.2, -0.15) is 0 Å². The van der Waals surface area contributed by atoms with E-state index in [9.17, 15) is 4.79 Å². The van der Waals surface area contributed by atoms with Gasteiger partial charge < -0.3 is 14.9 Å². The van der Waals surface area contributed by atoms with Crippen LogP contribution in [0.4, 0.5) is 0 Å². The fourth-order valence-electron chi connectivity index (χ4n) is 2.37. The molecule has 106 valence electrons. The zero-order chi connectivity index (χ0) is 14.1. The Kier molecular flexibility index (Phi) is 3.73. The summed E-state index contributed by atoms with van der Waals surface area (Å²) in [6, 6.07) is 3.92. The molecule has 0 aromatic carbocycles. The van der Waals surface area contributed by atoms with E-state index in [-0.39, 0.29) is 0 Å². The average molecular weight is 339 g/mol. The second-order valence-electron chi connectivity index (χ2n) is 4.82. The minimum Gasteiger partial charge on any atom is -0.367 e. The topological polar surface area (TPSA) is 72.9 Å². The van der Waals surface area contributed by atoms with E-state index in [1.807, 2.05) is 28.9 Å². The summed E-state index contributed by atoms with van der Waals surface area (Å²) in [7, 11) is 0. The fraction of sp³-hybridized carbons (Fsp3) is 0.385. The first-order chi connectivity index (χ1) is 9.63. The van der Waals surface area contributed by atoms with Crippen LogP contribution in [-0.4, -0.2) is 46.0 Å². The fourth-order valence-corrected chi connectivity index (χ4v) is 2.71. The second kappa shape index (κ2) is 5.51. The minimum absolute atomic E-state index is 0.407. The molecule has 0 spiro atoms. The molecule has 2 aromatic rings. The molecule has 1 aliphatic heterocycles. The Morgan fingerprint density at radius 3 is 3.20 bits per heavy atom. The van der Waals surface area contributed by atoms with Gasteiger partial charge in [0.15, 0.2) is 0 Å². The molecule has 0 radical (unpaired) electrons. The Morgan fingerprint density at radius 2 is 2.40 bits per heavy atom. The van der Waals surface area contributed by atoms with E-state index in [1.165, 1.54) is 0 Å². The Hall–Kier alpha value is -1.44. The molecule has 7 heteroatoms. The van der Waals surface area contributed by atoms with E-state index in [0.29, 0.717) is 19.7 Å². The number of imidazole rings is 1. The lowest BCUT2D eigenvalue weighted by molar-refractivity contribution is -0.135. The summed E-state index contributed by atoms with van der Waals surface area (Å²) in [6.45, 7) is 2.54. The lowest BCUT2D eigenvalue weighted by Crippen LogP contribution is -2.48. The number of fused-ring (bicyclic) bond motifs is 1. The van der Waals surface area contributed by atoms with Crippen molar-refractivity contribution in [3.05, 3.63) is 34.7 Å². The number of ether oxygens (including phenoxy) is 1. The molecule has 1 atom stereocenters. The third-order valence-electron chi connectivity index (χ3n) is 3.40. The number of pyridine rings is 1. The minimum atomic E-state index is -0.519. The van der Waals surface area contributed by atoms with Gasteiger partial charge in [0.25, 0.3) is 0 Å². The third kappa shape index (κ3) is 2.70. The first kappa shape index (κ1) is 13.5. The van der Waals surface area contributed by atoms with Crippen molar-refractivity contribution in [1.29, 1.82) is 0 Å². The van der Waals surface area contributed by atoms with Crippen LogP contribution < -0.4 is 5.73 Å². The van der Waals surface area contributed by atoms with Crippen LogP contribution in [0, 0.1) is 0 Å². The van der Waals surface area contributed by atoms with Crippen molar-refractivity contribution < 1.29 is 9.53 Å². The highest BCUT2D eigenvalue weighted by Gasteiger charge is 2.25. The SMILES string of the molecule is NC(=O)C1CN(Cc2cnc3ccc(Br)cn23)CCO1. The van der Waals surface area contributed by atoms with Crippen molar-refractivity contribution in [2.24, 2.45) is 5.73 Å². The summed E-state index contributed by atoms with van der Waals surface area (Å²) in [5.41, 5.74) is 7.28. The molecule has 2 N–H and O–H groups in total. The smallest absolute Gasteiger partial charge is 0.247 e. The molecule has 0 aliphatic carbocycles. The lowest BCUT2D eigenvalue weighted by atomic mass is 10.2. The largest absolute Gasteiger partial charge is 0.367 e. The normalized spacial score (nSPS) is 20.4. The van der Waals surface area contributed by atoms with Gasteiger partial charge in [-0.3, -0.25) is 9.69 Å². The maximum atomic E-state index is 11.2. The monoisotopic (exact) mass is 338 g/mol. The maximum Gasteiger partial charge on any atom is 0.247 e. The number of rotatable bonds is 3. The Labute approximate surface area is 124 Å². The molecular weight excluding hydrogens is 324 g/mol. The van der Waals surface area contributed by atoms with Crippen molar-refractivity contribution in [2.75, 3.05) is 19.7 Å². The van der Waals surface area contributed by atoms with Gasteiger partial charge in [0, 0.05) is 30.3 Å². The third-order valence-corrected chi connectivity index (χ3v) is 3.87. The van der Waals surface area contributed by atoms with E-state index in [2.05, 4.69) is 25.8 Å². The van der Waals surface area contributed by atoms with Crippen LogP contribution in [0.2, 0.25) is 0 Å². The predicted octanol–water partition coefficient (Wildman–Crippen LogP) is 0.783. The first-order valence-electron chi connectivity index (χ1n) is 6.38. The molecule has 3 heterocycles. The lowest BCUT2D eigenvalue weighted by Gasteiger charge is -2.31. The number of carbonyl (C=O) groups is 1. The predicted molar refractivity (Wildman–Crippen MR) is 77.1 cm³/mol. The Bertz CT molecular complexity index is 642. The maximum absolute atomic E-state index is 11.2. The van der Waals surface area contributed by atoms with Crippen LogP contribution in [0.3, 0.4) is 0 Å². The molecular formula is C13H15BrN4O2. The molecule has 1 fully saturated rings. The molecule has 3 rings (SSSR count). The number of amides is 1. The highest BCUT2D eigenvalue weighted by molar-refractivity contribution is 9.10. The van der Waals surface area contributed by atoms with Crippen molar-refractivity contribution in [2.45, 2.75) is 12.6 Å². The van der Waals surface area contributed by atoms with Crippen LogP contribution in [0.5, 0.6) is 0 Å². The molecule has 20 heavy (non-hydrogen) atoms. The number of aromatic nitrogens is 2. The molecule has 6 nitrogen and oxygen atoms in total. The molecule has 1 amide bonds. The van der Waals surface area contributed by atoms with Crippen molar-refractivity contribution in [3.63, 3.8) is 0 Å². The zero-order valence-corrected chi connectivity index (χ0v) is 12.4. The van der Waals surface area contributed by atoms with Gasteiger partial charge in [0.1, 0.15) is 11.8 Å². The number of nitrogens with zero attached hydrogens (tertiary/aromatic N) is 3. The Balaban J connectivity index is 1.79. The van der Waals surface area contributed by atoms with E-state index in [1.54, 1.807) is 0 Å². The molecule has 2 aromatic heterocycles. The summed E-state index contributed by atoms with van der Waals surface area (Å²) < 4.78 is 8.39.